The SMILES string of the molecule is O=C(O)c1coc(C(=O)C23CC4CC(CC(C4)C2)C3)n1. The van der Waals surface area contributed by atoms with Gasteiger partial charge in [-0.3, -0.25) is 4.79 Å². The summed E-state index contributed by atoms with van der Waals surface area (Å²) in [5.74, 6) is 0.768. The third-order valence-electron chi connectivity index (χ3n) is 5.44. The minimum atomic E-state index is -1.15. The first-order chi connectivity index (χ1) is 9.56. The molecule has 4 aliphatic carbocycles. The Balaban J connectivity index is 1.66. The second kappa shape index (κ2) is 3.93. The van der Waals surface area contributed by atoms with Gasteiger partial charge in [-0.05, 0) is 56.3 Å². The molecule has 106 valence electrons. The van der Waals surface area contributed by atoms with Crippen LogP contribution in [0.5, 0.6) is 0 Å². The number of oxazole rings is 1. The molecule has 0 aromatic carbocycles. The third kappa shape index (κ3) is 1.65. The number of aromatic carboxylic acids is 1. The van der Waals surface area contributed by atoms with Gasteiger partial charge in [-0.2, -0.15) is 4.98 Å². The van der Waals surface area contributed by atoms with Crippen molar-refractivity contribution < 1.29 is 19.1 Å². The predicted molar refractivity (Wildman–Crippen MR) is 68.4 cm³/mol. The topological polar surface area (TPSA) is 80.4 Å². The van der Waals surface area contributed by atoms with Gasteiger partial charge in [-0.25, -0.2) is 4.79 Å². The Morgan fingerprint density at radius 2 is 1.70 bits per heavy atom. The molecule has 0 aliphatic heterocycles. The minimum absolute atomic E-state index is 0.00986. The Kier molecular flexibility index (Phi) is 2.38. The molecule has 4 aliphatic rings. The summed E-state index contributed by atoms with van der Waals surface area (Å²) in [6.45, 7) is 0. The Morgan fingerprint density at radius 3 is 2.15 bits per heavy atom. The summed E-state index contributed by atoms with van der Waals surface area (Å²) in [7, 11) is 0. The highest BCUT2D eigenvalue weighted by Crippen LogP contribution is 2.60. The Bertz CT molecular complexity index is 553. The molecule has 0 saturated heterocycles. The lowest BCUT2D eigenvalue weighted by molar-refractivity contribution is -0.0368. The largest absolute Gasteiger partial charge is 0.476 e. The summed E-state index contributed by atoms with van der Waals surface area (Å²) in [4.78, 5) is 27.5. The number of ketones is 1. The Hall–Kier alpha value is -1.65. The number of carboxylic acids is 1. The number of carbonyl (C=O) groups is 2. The normalized spacial score (nSPS) is 38.1. The Labute approximate surface area is 116 Å². The van der Waals surface area contributed by atoms with Gasteiger partial charge < -0.3 is 9.52 Å². The molecule has 5 rings (SSSR count). The molecule has 0 unspecified atom stereocenters. The molecule has 1 N–H and O–H groups in total. The standard InChI is InChI=1S/C15H17NO4/c17-12(13-16-11(7-20-13)14(18)19)15-4-8-1-9(5-15)3-10(2-8)6-15/h7-10H,1-6H2,(H,18,19). The molecular formula is C15H17NO4. The molecule has 4 saturated carbocycles. The summed E-state index contributed by atoms with van der Waals surface area (Å²) < 4.78 is 5.14. The molecule has 1 aromatic rings. The second-order valence-corrected chi connectivity index (χ2v) is 6.87. The van der Waals surface area contributed by atoms with Crippen molar-refractivity contribution in [3.63, 3.8) is 0 Å². The quantitative estimate of drug-likeness (QED) is 0.858. The second-order valence-electron chi connectivity index (χ2n) is 6.87. The van der Waals surface area contributed by atoms with Crippen molar-refractivity contribution in [2.75, 3.05) is 0 Å². The van der Waals surface area contributed by atoms with Crippen LogP contribution >= 0.6 is 0 Å². The zero-order valence-electron chi connectivity index (χ0n) is 11.2. The number of Topliss-reactive ketones (excluding diaryl/α,β-unsaturated/α-hetero) is 1. The van der Waals surface area contributed by atoms with Crippen molar-refractivity contribution in [1.82, 2.24) is 4.98 Å². The smallest absolute Gasteiger partial charge is 0.357 e. The van der Waals surface area contributed by atoms with E-state index in [1.54, 1.807) is 0 Å². The summed E-state index contributed by atoms with van der Waals surface area (Å²) >= 11 is 0. The fraction of sp³-hybridized carbons (Fsp3) is 0.667. The van der Waals surface area contributed by atoms with Gasteiger partial charge in [0.15, 0.2) is 5.69 Å². The van der Waals surface area contributed by atoms with Gasteiger partial charge in [0.05, 0.1) is 0 Å². The first-order valence-corrected chi connectivity index (χ1v) is 7.29. The van der Waals surface area contributed by atoms with Crippen molar-refractivity contribution in [3.8, 4) is 0 Å². The lowest BCUT2D eigenvalue weighted by Gasteiger charge is -2.55. The highest BCUT2D eigenvalue weighted by Gasteiger charge is 2.55. The zero-order valence-corrected chi connectivity index (χ0v) is 11.2. The fourth-order valence-corrected chi connectivity index (χ4v) is 5.09. The van der Waals surface area contributed by atoms with Gasteiger partial charge >= 0.3 is 5.97 Å². The predicted octanol–water partition coefficient (Wildman–Crippen LogP) is 2.77. The van der Waals surface area contributed by atoms with Crippen LogP contribution in [-0.2, 0) is 0 Å². The van der Waals surface area contributed by atoms with Crippen LogP contribution in [0.4, 0.5) is 0 Å². The van der Waals surface area contributed by atoms with Crippen molar-refractivity contribution in [2.24, 2.45) is 23.2 Å². The number of carbonyl (C=O) groups excluding carboxylic acids is 1. The maximum atomic E-state index is 12.8. The molecule has 4 bridgehead atoms. The van der Waals surface area contributed by atoms with Crippen molar-refractivity contribution >= 4 is 11.8 Å². The van der Waals surface area contributed by atoms with Crippen LogP contribution in [0, 0.1) is 23.2 Å². The molecule has 0 radical (unpaired) electrons. The number of hydrogen-bond acceptors (Lipinski definition) is 4. The van der Waals surface area contributed by atoms with E-state index in [1.165, 1.54) is 19.3 Å². The number of rotatable bonds is 3. The van der Waals surface area contributed by atoms with Crippen molar-refractivity contribution in [3.05, 3.63) is 17.8 Å². The number of hydrogen-bond donors (Lipinski definition) is 1. The number of aromatic nitrogens is 1. The van der Waals surface area contributed by atoms with E-state index < -0.39 is 5.97 Å². The Morgan fingerprint density at radius 1 is 1.15 bits per heavy atom. The maximum absolute atomic E-state index is 12.8. The molecule has 0 amide bonds. The monoisotopic (exact) mass is 275 g/mol. The van der Waals surface area contributed by atoms with E-state index in [1.807, 2.05) is 0 Å². The molecule has 1 heterocycles. The third-order valence-corrected chi connectivity index (χ3v) is 5.44. The molecule has 0 spiro atoms. The van der Waals surface area contributed by atoms with Crippen LogP contribution in [0.15, 0.2) is 10.7 Å². The van der Waals surface area contributed by atoms with E-state index in [0.29, 0.717) is 17.8 Å². The van der Waals surface area contributed by atoms with Crippen LogP contribution in [0.3, 0.4) is 0 Å². The number of carboxylic acid groups (broad SMARTS) is 1. The average molecular weight is 275 g/mol. The first kappa shape index (κ1) is 12.1. The van der Waals surface area contributed by atoms with E-state index in [4.69, 9.17) is 9.52 Å². The van der Waals surface area contributed by atoms with Gasteiger partial charge in [-0.15, -0.1) is 0 Å². The molecule has 4 fully saturated rings. The van der Waals surface area contributed by atoms with Crippen molar-refractivity contribution in [1.29, 1.82) is 0 Å². The lowest BCUT2D eigenvalue weighted by Crippen LogP contribution is -2.50. The number of nitrogens with zero attached hydrogens (tertiary/aromatic N) is 1. The molecule has 0 atom stereocenters. The van der Waals surface area contributed by atoms with Crippen molar-refractivity contribution in [2.45, 2.75) is 38.5 Å². The van der Waals surface area contributed by atoms with Gasteiger partial charge in [-0.1, -0.05) is 0 Å². The summed E-state index contributed by atoms with van der Waals surface area (Å²) in [5, 5.41) is 8.88. The van der Waals surface area contributed by atoms with Gasteiger partial charge in [0.1, 0.15) is 6.26 Å². The van der Waals surface area contributed by atoms with Crippen LogP contribution in [0.25, 0.3) is 0 Å². The van der Waals surface area contributed by atoms with Crippen LogP contribution in [-0.4, -0.2) is 21.8 Å². The average Bonchev–Trinajstić information content (AvgIpc) is 2.85. The van der Waals surface area contributed by atoms with E-state index in [9.17, 15) is 9.59 Å². The van der Waals surface area contributed by atoms with Crippen LogP contribution in [0.1, 0.15) is 59.7 Å². The van der Waals surface area contributed by atoms with Crippen LogP contribution < -0.4 is 0 Å². The van der Waals surface area contributed by atoms with Gasteiger partial charge in [0.2, 0.25) is 5.78 Å². The molecular weight excluding hydrogens is 258 g/mol. The maximum Gasteiger partial charge on any atom is 0.357 e. The molecule has 5 nitrogen and oxygen atoms in total. The minimum Gasteiger partial charge on any atom is -0.476 e. The molecule has 1 aromatic heterocycles. The van der Waals surface area contributed by atoms with Gasteiger partial charge in [0, 0.05) is 5.41 Å². The van der Waals surface area contributed by atoms with E-state index in [2.05, 4.69) is 4.98 Å². The molecule has 20 heavy (non-hydrogen) atoms. The lowest BCUT2D eigenvalue weighted by atomic mass is 9.48. The van der Waals surface area contributed by atoms with Crippen LogP contribution in [0.2, 0.25) is 0 Å². The van der Waals surface area contributed by atoms with E-state index >= 15 is 0 Å². The fourth-order valence-electron chi connectivity index (χ4n) is 5.09. The van der Waals surface area contributed by atoms with E-state index in [-0.39, 0.29) is 22.8 Å². The highest BCUT2D eigenvalue weighted by molar-refractivity contribution is 5.98. The van der Waals surface area contributed by atoms with E-state index in [0.717, 1.165) is 25.5 Å². The molecule has 5 heteroatoms. The summed E-state index contributed by atoms with van der Waals surface area (Å²) in [6, 6.07) is 0. The zero-order chi connectivity index (χ0) is 13.9. The summed E-state index contributed by atoms with van der Waals surface area (Å²) in [6.07, 6.45) is 7.65. The highest BCUT2D eigenvalue weighted by atomic mass is 16.4. The summed E-state index contributed by atoms with van der Waals surface area (Å²) in [5.41, 5.74) is -0.506. The first-order valence-electron chi connectivity index (χ1n) is 7.29. The van der Waals surface area contributed by atoms with Gasteiger partial charge in [0.25, 0.3) is 5.89 Å².